The van der Waals surface area contributed by atoms with Gasteiger partial charge in [0.25, 0.3) is 0 Å². The summed E-state index contributed by atoms with van der Waals surface area (Å²) in [6, 6.07) is 9.82. The molecular formula is C19H26ClN5O. The Labute approximate surface area is 159 Å². The van der Waals surface area contributed by atoms with Crippen molar-refractivity contribution in [2.24, 2.45) is 10.9 Å². The molecule has 1 saturated carbocycles. The number of hydrogen-bond donors (Lipinski definition) is 2. The fraction of sp³-hybridized carbons (Fsp3) is 0.474. The van der Waals surface area contributed by atoms with Crippen molar-refractivity contribution in [1.29, 1.82) is 0 Å². The van der Waals surface area contributed by atoms with Gasteiger partial charge in [0.05, 0.1) is 12.6 Å². The number of rotatable bonds is 9. The highest BCUT2D eigenvalue weighted by Gasteiger charge is 2.20. The van der Waals surface area contributed by atoms with Crippen molar-refractivity contribution in [3.63, 3.8) is 0 Å². The van der Waals surface area contributed by atoms with Gasteiger partial charge in [-0.15, -0.1) is 0 Å². The van der Waals surface area contributed by atoms with E-state index in [1.807, 2.05) is 41.2 Å². The van der Waals surface area contributed by atoms with Gasteiger partial charge in [-0.2, -0.15) is 5.10 Å². The SMILES string of the molecule is CN=C(NCCOCC1CC1)NCC(c1ccc(Cl)cc1)n1cccn1. The van der Waals surface area contributed by atoms with Crippen LogP contribution in [0.3, 0.4) is 0 Å². The van der Waals surface area contributed by atoms with E-state index in [1.165, 1.54) is 12.8 Å². The van der Waals surface area contributed by atoms with Crippen molar-refractivity contribution in [3.8, 4) is 0 Å². The Morgan fingerprint density at radius 2 is 2.15 bits per heavy atom. The first kappa shape index (κ1) is 18.7. The zero-order valence-electron chi connectivity index (χ0n) is 15.1. The average Bonchev–Trinajstić information content (AvgIpc) is 3.33. The molecule has 1 aromatic heterocycles. The number of hydrogen-bond acceptors (Lipinski definition) is 3. The predicted molar refractivity (Wildman–Crippen MR) is 105 cm³/mol. The van der Waals surface area contributed by atoms with Crippen LogP contribution < -0.4 is 10.6 Å². The number of halogens is 1. The average molecular weight is 376 g/mol. The highest BCUT2D eigenvalue weighted by atomic mass is 35.5. The number of ether oxygens (including phenoxy) is 1. The van der Waals surface area contributed by atoms with Crippen molar-refractivity contribution in [2.75, 3.05) is 33.4 Å². The smallest absolute Gasteiger partial charge is 0.191 e. The molecule has 1 aliphatic rings. The van der Waals surface area contributed by atoms with Crippen molar-refractivity contribution < 1.29 is 4.74 Å². The number of aromatic nitrogens is 2. The van der Waals surface area contributed by atoms with Crippen LogP contribution in [0.1, 0.15) is 24.4 Å². The minimum atomic E-state index is 0.0481. The van der Waals surface area contributed by atoms with E-state index in [0.717, 1.165) is 35.6 Å². The zero-order valence-corrected chi connectivity index (χ0v) is 15.8. The Kier molecular flexibility index (Phi) is 6.91. The van der Waals surface area contributed by atoms with E-state index < -0.39 is 0 Å². The van der Waals surface area contributed by atoms with Crippen LogP contribution in [-0.4, -0.2) is 49.1 Å². The van der Waals surface area contributed by atoms with Gasteiger partial charge >= 0.3 is 0 Å². The van der Waals surface area contributed by atoms with Gasteiger partial charge in [-0.3, -0.25) is 9.67 Å². The first-order valence-electron chi connectivity index (χ1n) is 9.03. The Morgan fingerprint density at radius 1 is 1.35 bits per heavy atom. The van der Waals surface area contributed by atoms with E-state index in [1.54, 1.807) is 13.2 Å². The minimum absolute atomic E-state index is 0.0481. The summed E-state index contributed by atoms with van der Waals surface area (Å²) in [6.07, 6.45) is 6.38. The summed E-state index contributed by atoms with van der Waals surface area (Å²) in [6.45, 7) is 2.97. The lowest BCUT2D eigenvalue weighted by molar-refractivity contribution is 0.129. The van der Waals surface area contributed by atoms with Crippen LogP contribution >= 0.6 is 11.6 Å². The summed E-state index contributed by atoms with van der Waals surface area (Å²) in [4.78, 5) is 4.28. The van der Waals surface area contributed by atoms with Crippen LogP contribution in [0.25, 0.3) is 0 Å². The second-order valence-corrected chi connectivity index (χ2v) is 6.89. The highest BCUT2D eigenvalue weighted by molar-refractivity contribution is 6.30. The molecule has 0 bridgehead atoms. The molecule has 1 atom stereocenters. The van der Waals surface area contributed by atoms with E-state index in [4.69, 9.17) is 16.3 Å². The summed E-state index contributed by atoms with van der Waals surface area (Å²) in [7, 11) is 1.77. The molecule has 7 heteroatoms. The molecule has 1 fully saturated rings. The number of benzene rings is 1. The molecular weight excluding hydrogens is 350 g/mol. The van der Waals surface area contributed by atoms with E-state index in [9.17, 15) is 0 Å². The Bertz CT molecular complexity index is 682. The van der Waals surface area contributed by atoms with Gasteiger partial charge in [0.2, 0.25) is 0 Å². The van der Waals surface area contributed by atoms with Crippen LogP contribution in [0, 0.1) is 5.92 Å². The quantitative estimate of drug-likeness (QED) is 0.402. The molecule has 0 radical (unpaired) electrons. The van der Waals surface area contributed by atoms with Crippen molar-refractivity contribution in [3.05, 3.63) is 53.3 Å². The van der Waals surface area contributed by atoms with Gasteiger partial charge in [0.15, 0.2) is 5.96 Å². The lowest BCUT2D eigenvalue weighted by Gasteiger charge is -2.20. The molecule has 1 unspecified atom stereocenters. The summed E-state index contributed by atoms with van der Waals surface area (Å²) in [5.74, 6) is 1.55. The fourth-order valence-corrected chi connectivity index (χ4v) is 2.83. The molecule has 0 aliphatic heterocycles. The molecule has 26 heavy (non-hydrogen) atoms. The first-order valence-corrected chi connectivity index (χ1v) is 9.41. The molecule has 2 aromatic rings. The molecule has 1 aliphatic carbocycles. The number of nitrogens with zero attached hydrogens (tertiary/aromatic N) is 3. The van der Waals surface area contributed by atoms with Crippen molar-refractivity contribution >= 4 is 17.6 Å². The van der Waals surface area contributed by atoms with Gasteiger partial charge in [-0.25, -0.2) is 0 Å². The Morgan fingerprint density at radius 3 is 2.81 bits per heavy atom. The molecule has 2 N–H and O–H groups in total. The Balaban J connectivity index is 1.51. The van der Waals surface area contributed by atoms with Crippen LogP contribution in [-0.2, 0) is 4.74 Å². The van der Waals surface area contributed by atoms with Crippen LogP contribution in [0.2, 0.25) is 5.02 Å². The van der Waals surface area contributed by atoms with Crippen LogP contribution in [0.5, 0.6) is 0 Å². The van der Waals surface area contributed by atoms with Crippen LogP contribution in [0.4, 0.5) is 0 Å². The maximum Gasteiger partial charge on any atom is 0.191 e. The van der Waals surface area contributed by atoms with E-state index in [2.05, 4.69) is 20.7 Å². The lowest BCUT2D eigenvalue weighted by atomic mass is 10.1. The fourth-order valence-electron chi connectivity index (χ4n) is 2.70. The maximum atomic E-state index is 6.02. The lowest BCUT2D eigenvalue weighted by Crippen LogP contribution is -2.41. The highest BCUT2D eigenvalue weighted by Crippen LogP contribution is 2.28. The molecule has 140 valence electrons. The number of guanidine groups is 1. The molecule has 1 heterocycles. The summed E-state index contributed by atoms with van der Waals surface area (Å²) < 4.78 is 7.58. The second kappa shape index (κ2) is 9.59. The molecule has 1 aromatic carbocycles. The van der Waals surface area contributed by atoms with E-state index in [-0.39, 0.29) is 6.04 Å². The first-order chi connectivity index (χ1) is 12.8. The topological polar surface area (TPSA) is 63.5 Å². The maximum absolute atomic E-state index is 6.02. The molecule has 0 saturated heterocycles. The third-order valence-electron chi connectivity index (χ3n) is 4.37. The van der Waals surface area contributed by atoms with Gasteiger partial charge in [-0.05, 0) is 42.5 Å². The summed E-state index contributed by atoms with van der Waals surface area (Å²) in [5.41, 5.74) is 1.13. The molecule has 0 amide bonds. The van der Waals surface area contributed by atoms with E-state index in [0.29, 0.717) is 13.2 Å². The molecule has 0 spiro atoms. The minimum Gasteiger partial charge on any atom is -0.379 e. The van der Waals surface area contributed by atoms with Crippen molar-refractivity contribution in [2.45, 2.75) is 18.9 Å². The largest absolute Gasteiger partial charge is 0.379 e. The zero-order chi connectivity index (χ0) is 18.2. The second-order valence-electron chi connectivity index (χ2n) is 6.45. The van der Waals surface area contributed by atoms with Gasteiger partial charge < -0.3 is 15.4 Å². The van der Waals surface area contributed by atoms with Crippen molar-refractivity contribution in [1.82, 2.24) is 20.4 Å². The third kappa shape index (κ3) is 5.75. The van der Waals surface area contributed by atoms with Gasteiger partial charge in [0.1, 0.15) is 0 Å². The molecule has 6 nitrogen and oxygen atoms in total. The standard InChI is InChI=1S/C19H26ClN5O/c1-21-19(22-10-12-26-14-15-3-4-15)23-13-18(25-11-2-9-24-25)16-5-7-17(20)8-6-16/h2,5-9,11,15,18H,3-4,10,12-14H2,1H3,(H2,21,22,23). The van der Waals surface area contributed by atoms with Gasteiger partial charge in [-0.1, -0.05) is 23.7 Å². The summed E-state index contributed by atoms with van der Waals surface area (Å²) in [5, 5.41) is 11.8. The van der Waals surface area contributed by atoms with Crippen LogP contribution in [0.15, 0.2) is 47.7 Å². The summed E-state index contributed by atoms with van der Waals surface area (Å²) >= 11 is 6.02. The number of nitrogens with one attached hydrogen (secondary N) is 2. The molecule has 3 rings (SSSR count). The normalized spacial score (nSPS) is 15.7. The Hall–Kier alpha value is -2.05. The predicted octanol–water partition coefficient (Wildman–Crippen LogP) is 2.72. The third-order valence-corrected chi connectivity index (χ3v) is 4.63. The number of aliphatic imine (C=N–C) groups is 1. The monoisotopic (exact) mass is 375 g/mol. The van der Waals surface area contributed by atoms with Gasteiger partial charge in [0, 0.05) is 44.2 Å². The van der Waals surface area contributed by atoms with E-state index >= 15 is 0 Å².